The number of anilines is 2. The second-order valence-corrected chi connectivity index (χ2v) is 9.75. The molecule has 0 bridgehead atoms. The van der Waals surface area contributed by atoms with Crippen LogP contribution in [0.2, 0.25) is 0 Å². The summed E-state index contributed by atoms with van der Waals surface area (Å²) in [5.74, 6) is 5.67. The van der Waals surface area contributed by atoms with Gasteiger partial charge in [0.2, 0.25) is 5.78 Å². The standard InChI is InChI=1S/C26H24BrIN2O/c1-29(2)22-12-8-19(15-20-9-13-23(30(3)4)17-25(20)28)24(16-22)26(31)14-7-18-5-10-21(27)11-6-18/h5-6,8-13,16-17H,15H2,1-4H3. The smallest absolute Gasteiger partial charge is 0.236 e. The van der Waals surface area contributed by atoms with Gasteiger partial charge < -0.3 is 9.80 Å². The monoisotopic (exact) mass is 586 g/mol. The van der Waals surface area contributed by atoms with Crippen molar-refractivity contribution in [1.82, 2.24) is 0 Å². The molecule has 0 saturated carbocycles. The van der Waals surface area contributed by atoms with E-state index >= 15 is 0 Å². The van der Waals surface area contributed by atoms with Crippen LogP contribution in [0.15, 0.2) is 65.1 Å². The molecule has 0 spiro atoms. The summed E-state index contributed by atoms with van der Waals surface area (Å²) in [6.45, 7) is 0. The van der Waals surface area contributed by atoms with E-state index in [1.165, 1.54) is 9.13 Å². The Morgan fingerprint density at radius 3 is 2.03 bits per heavy atom. The van der Waals surface area contributed by atoms with E-state index in [4.69, 9.17) is 0 Å². The van der Waals surface area contributed by atoms with Gasteiger partial charge in [-0.1, -0.05) is 34.0 Å². The highest BCUT2D eigenvalue weighted by atomic mass is 127. The van der Waals surface area contributed by atoms with Gasteiger partial charge in [-0.2, -0.15) is 0 Å². The summed E-state index contributed by atoms with van der Waals surface area (Å²) < 4.78 is 2.17. The Morgan fingerprint density at radius 2 is 1.45 bits per heavy atom. The van der Waals surface area contributed by atoms with Crippen molar-refractivity contribution >= 4 is 55.7 Å². The van der Waals surface area contributed by atoms with Crippen molar-refractivity contribution in [3.63, 3.8) is 0 Å². The van der Waals surface area contributed by atoms with E-state index < -0.39 is 0 Å². The van der Waals surface area contributed by atoms with Crippen LogP contribution in [0.25, 0.3) is 0 Å². The van der Waals surface area contributed by atoms with Gasteiger partial charge in [-0.3, -0.25) is 4.79 Å². The van der Waals surface area contributed by atoms with Gasteiger partial charge in [-0.25, -0.2) is 0 Å². The molecular formula is C26H24BrIN2O. The second-order valence-electron chi connectivity index (χ2n) is 7.67. The van der Waals surface area contributed by atoms with Crippen LogP contribution < -0.4 is 9.80 Å². The maximum Gasteiger partial charge on any atom is 0.236 e. The molecule has 0 radical (unpaired) electrons. The van der Waals surface area contributed by atoms with E-state index in [1.54, 1.807) is 0 Å². The Hall–Kier alpha value is -2.30. The predicted octanol–water partition coefficient (Wildman–Crippen LogP) is 6.01. The van der Waals surface area contributed by atoms with Gasteiger partial charge in [0, 0.05) is 58.7 Å². The summed E-state index contributed by atoms with van der Waals surface area (Å²) in [7, 11) is 8.01. The van der Waals surface area contributed by atoms with Crippen LogP contribution in [0.1, 0.15) is 27.0 Å². The Balaban J connectivity index is 1.96. The van der Waals surface area contributed by atoms with Gasteiger partial charge in [-0.05, 0) is 94.6 Å². The van der Waals surface area contributed by atoms with Crippen molar-refractivity contribution in [3.05, 3.63) is 91.0 Å². The highest BCUT2D eigenvalue weighted by Crippen LogP contribution is 2.26. The van der Waals surface area contributed by atoms with Gasteiger partial charge in [0.25, 0.3) is 0 Å². The molecule has 0 aliphatic carbocycles. The third-order valence-corrected chi connectivity index (χ3v) is 6.49. The van der Waals surface area contributed by atoms with E-state index in [0.29, 0.717) is 12.0 Å². The molecule has 158 valence electrons. The molecule has 0 aliphatic heterocycles. The fourth-order valence-corrected chi connectivity index (χ4v) is 4.05. The minimum atomic E-state index is -0.165. The lowest BCUT2D eigenvalue weighted by atomic mass is 9.96. The van der Waals surface area contributed by atoms with Crippen LogP contribution in [0, 0.1) is 15.4 Å². The first-order valence-corrected chi connectivity index (χ1v) is 11.7. The molecule has 0 unspecified atom stereocenters. The topological polar surface area (TPSA) is 23.6 Å². The van der Waals surface area contributed by atoms with E-state index in [9.17, 15) is 4.79 Å². The fourth-order valence-electron chi connectivity index (χ4n) is 3.10. The number of ketones is 1. The fraction of sp³-hybridized carbons (Fsp3) is 0.192. The number of halogens is 2. The molecule has 31 heavy (non-hydrogen) atoms. The Kier molecular flexibility index (Phi) is 7.79. The Morgan fingerprint density at radius 1 is 0.871 bits per heavy atom. The lowest BCUT2D eigenvalue weighted by Crippen LogP contribution is -2.12. The number of hydrogen-bond donors (Lipinski definition) is 0. The van der Waals surface area contributed by atoms with Crippen molar-refractivity contribution in [2.75, 3.05) is 38.0 Å². The second kappa shape index (κ2) is 10.3. The zero-order valence-corrected chi connectivity index (χ0v) is 21.8. The van der Waals surface area contributed by atoms with Crippen LogP contribution in [0.4, 0.5) is 11.4 Å². The maximum absolute atomic E-state index is 13.1. The quantitative estimate of drug-likeness (QED) is 0.208. The van der Waals surface area contributed by atoms with Crippen LogP contribution in [0.5, 0.6) is 0 Å². The largest absolute Gasteiger partial charge is 0.378 e. The van der Waals surface area contributed by atoms with E-state index in [0.717, 1.165) is 27.0 Å². The third kappa shape index (κ3) is 6.11. The van der Waals surface area contributed by atoms with Crippen LogP contribution in [-0.2, 0) is 6.42 Å². The van der Waals surface area contributed by atoms with Crippen molar-refractivity contribution < 1.29 is 4.79 Å². The normalized spacial score (nSPS) is 10.3. The highest BCUT2D eigenvalue weighted by molar-refractivity contribution is 14.1. The molecule has 3 nitrogen and oxygen atoms in total. The van der Waals surface area contributed by atoms with Gasteiger partial charge in [0.1, 0.15) is 0 Å². The molecule has 0 saturated heterocycles. The Bertz CT molecular complexity index is 1160. The number of carbonyl (C=O) groups excluding carboxylic acids is 1. The average molecular weight is 587 g/mol. The molecule has 0 amide bonds. The number of hydrogen-bond acceptors (Lipinski definition) is 3. The number of benzene rings is 3. The minimum Gasteiger partial charge on any atom is -0.378 e. The van der Waals surface area contributed by atoms with Gasteiger partial charge in [0.05, 0.1) is 0 Å². The molecule has 0 aromatic heterocycles. The maximum atomic E-state index is 13.1. The van der Waals surface area contributed by atoms with Gasteiger partial charge in [0.15, 0.2) is 0 Å². The highest BCUT2D eigenvalue weighted by Gasteiger charge is 2.14. The molecule has 0 N–H and O–H groups in total. The first kappa shape index (κ1) is 23.4. The molecular weight excluding hydrogens is 563 g/mol. The summed E-state index contributed by atoms with van der Waals surface area (Å²) in [5, 5.41) is 0. The molecule has 5 heteroatoms. The summed E-state index contributed by atoms with van der Waals surface area (Å²) in [5.41, 5.74) is 5.79. The third-order valence-electron chi connectivity index (χ3n) is 4.95. The van der Waals surface area contributed by atoms with Crippen LogP contribution in [-0.4, -0.2) is 34.0 Å². The first-order valence-electron chi connectivity index (χ1n) is 9.82. The van der Waals surface area contributed by atoms with Crippen molar-refractivity contribution in [2.45, 2.75) is 6.42 Å². The van der Waals surface area contributed by atoms with Crippen LogP contribution in [0.3, 0.4) is 0 Å². The molecule has 3 aromatic rings. The van der Waals surface area contributed by atoms with Crippen molar-refractivity contribution in [2.24, 2.45) is 0 Å². The van der Waals surface area contributed by atoms with Crippen molar-refractivity contribution in [3.8, 4) is 11.8 Å². The molecule has 0 atom stereocenters. The minimum absolute atomic E-state index is 0.165. The number of carbonyl (C=O) groups is 1. The summed E-state index contributed by atoms with van der Waals surface area (Å²) in [6.07, 6.45) is 0.681. The molecule has 3 aromatic carbocycles. The van der Waals surface area contributed by atoms with E-state index in [-0.39, 0.29) is 5.78 Å². The summed E-state index contributed by atoms with van der Waals surface area (Å²) >= 11 is 5.79. The first-order chi connectivity index (χ1) is 14.7. The van der Waals surface area contributed by atoms with Gasteiger partial charge in [-0.15, -0.1) is 0 Å². The lowest BCUT2D eigenvalue weighted by Gasteiger charge is -2.17. The van der Waals surface area contributed by atoms with Gasteiger partial charge >= 0.3 is 0 Å². The zero-order valence-electron chi connectivity index (χ0n) is 18.0. The SMILES string of the molecule is CN(C)c1ccc(Cc2ccc(N(C)C)cc2C(=O)C#Cc2ccc(Br)cc2)c(I)c1. The van der Waals surface area contributed by atoms with E-state index in [1.807, 2.05) is 69.5 Å². The predicted molar refractivity (Wildman–Crippen MR) is 142 cm³/mol. The average Bonchev–Trinajstić information content (AvgIpc) is 2.74. The molecule has 3 rings (SSSR count). The molecule has 0 heterocycles. The molecule has 0 aliphatic rings. The zero-order chi connectivity index (χ0) is 22.5. The lowest BCUT2D eigenvalue weighted by molar-refractivity contribution is 0.105. The van der Waals surface area contributed by atoms with E-state index in [2.05, 4.69) is 79.5 Å². The number of rotatable bonds is 5. The summed E-state index contributed by atoms with van der Waals surface area (Å²) in [6, 6.07) is 20.1. The summed E-state index contributed by atoms with van der Waals surface area (Å²) in [4.78, 5) is 17.2. The van der Waals surface area contributed by atoms with Crippen molar-refractivity contribution in [1.29, 1.82) is 0 Å². The molecule has 0 fully saturated rings. The van der Waals surface area contributed by atoms with Crippen LogP contribution >= 0.6 is 38.5 Å². The Labute approximate surface area is 206 Å². The number of Topliss-reactive ketones (excluding diaryl/α,β-unsaturated/α-hetero) is 1. The number of nitrogens with zero attached hydrogens (tertiary/aromatic N) is 2.